The Bertz CT molecular complexity index is 418. The fourth-order valence-electron chi connectivity index (χ4n) is 0.987. The number of nitrogens with zero attached hydrogens (tertiary/aromatic N) is 1. The van der Waals surface area contributed by atoms with Crippen molar-refractivity contribution in [2.45, 2.75) is 6.92 Å². The molecule has 0 radical (unpaired) electrons. The summed E-state index contributed by atoms with van der Waals surface area (Å²) >= 11 is 3.17. The molecule has 0 spiro atoms. The van der Waals surface area contributed by atoms with Crippen LogP contribution in [0.3, 0.4) is 0 Å². The van der Waals surface area contributed by atoms with Gasteiger partial charge in [0.15, 0.2) is 0 Å². The van der Waals surface area contributed by atoms with E-state index >= 15 is 0 Å². The van der Waals surface area contributed by atoms with E-state index in [9.17, 15) is 10.1 Å². The first-order valence-electron chi connectivity index (χ1n) is 3.95. The first-order chi connectivity index (χ1) is 6.65. The lowest BCUT2D eigenvalue weighted by Gasteiger charge is -1.97. The number of nitro groups is 1. The second kappa shape index (κ2) is 4.77. The molecule has 1 aromatic carbocycles. The second-order valence-electron chi connectivity index (χ2n) is 2.69. The van der Waals surface area contributed by atoms with Gasteiger partial charge in [0, 0.05) is 17.7 Å². The van der Waals surface area contributed by atoms with Crippen molar-refractivity contribution in [3.05, 3.63) is 39.4 Å². The van der Waals surface area contributed by atoms with E-state index in [0.717, 1.165) is 5.56 Å². The predicted octanol–water partition coefficient (Wildman–Crippen LogP) is 2.65. The van der Waals surface area contributed by atoms with E-state index in [2.05, 4.69) is 27.8 Å². The van der Waals surface area contributed by atoms with Crippen molar-refractivity contribution < 1.29 is 4.92 Å². The molecule has 0 aliphatic rings. The minimum absolute atomic E-state index is 0.0782. The highest BCUT2D eigenvalue weighted by atomic mass is 79.9. The molecule has 0 saturated carbocycles. The molecule has 0 saturated heterocycles. The van der Waals surface area contributed by atoms with Crippen molar-refractivity contribution >= 4 is 21.6 Å². The second-order valence-corrected chi connectivity index (χ2v) is 3.25. The van der Waals surface area contributed by atoms with Gasteiger partial charge >= 0.3 is 0 Å². The lowest BCUT2D eigenvalue weighted by molar-refractivity contribution is -0.384. The number of benzene rings is 1. The number of rotatable bonds is 1. The first-order valence-corrected chi connectivity index (χ1v) is 5.07. The molecule has 0 amide bonds. The van der Waals surface area contributed by atoms with Crippen LogP contribution in [0.2, 0.25) is 0 Å². The van der Waals surface area contributed by atoms with Gasteiger partial charge in [0.1, 0.15) is 0 Å². The van der Waals surface area contributed by atoms with Crippen molar-refractivity contribution in [3.8, 4) is 11.8 Å². The van der Waals surface area contributed by atoms with Crippen molar-refractivity contribution in [2.24, 2.45) is 0 Å². The van der Waals surface area contributed by atoms with Crippen molar-refractivity contribution in [2.75, 3.05) is 5.33 Å². The average Bonchev–Trinajstić information content (AvgIpc) is 2.16. The Morgan fingerprint density at radius 1 is 1.57 bits per heavy atom. The maximum Gasteiger partial charge on any atom is 0.270 e. The van der Waals surface area contributed by atoms with Gasteiger partial charge in [-0.05, 0) is 12.5 Å². The van der Waals surface area contributed by atoms with Crippen LogP contribution >= 0.6 is 15.9 Å². The Labute approximate surface area is 90.4 Å². The van der Waals surface area contributed by atoms with E-state index in [-0.39, 0.29) is 5.69 Å². The number of hydrogen-bond donors (Lipinski definition) is 0. The Morgan fingerprint density at radius 3 is 2.86 bits per heavy atom. The molecule has 0 atom stereocenters. The fraction of sp³-hybridized carbons (Fsp3) is 0.200. The van der Waals surface area contributed by atoms with Crippen molar-refractivity contribution in [1.29, 1.82) is 0 Å². The van der Waals surface area contributed by atoms with Gasteiger partial charge in [-0.15, -0.1) is 0 Å². The number of alkyl halides is 1. The molecule has 0 unspecified atom stereocenters. The molecule has 3 nitrogen and oxygen atoms in total. The molecule has 0 bridgehead atoms. The maximum absolute atomic E-state index is 10.5. The lowest BCUT2D eigenvalue weighted by Crippen LogP contribution is -1.90. The van der Waals surface area contributed by atoms with Crippen LogP contribution in [0.1, 0.15) is 11.1 Å². The van der Waals surface area contributed by atoms with Gasteiger partial charge < -0.3 is 0 Å². The zero-order valence-electron chi connectivity index (χ0n) is 7.58. The molecule has 0 fully saturated rings. The molecule has 14 heavy (non-hydrogen) atoms. The summed E-state index contributed by atoms with van der Waals surface area (Å²) in [5.41, 5.74) is 1.73. The third kappa shape index (κ3) is 2.57. The van der Waals surface area contributed by atoms with E-state index < -0.39 is 4.92 Å². The van der Waals surface area contributed by atoms with Gasteiger partial charge in [0.25, 0.3) is 5.69 Å². The van der Waals surface area contributed by atoms with Gasteiger partial charge in [-0.1, -0.05) is 33.8 Å². The zero-order chi connectivity index (χ0) is 10.6. The zero-order valence-corrected chi connectivity index (χ0v) is 9.17. The van der Waals surface area contributed by atoms with Crippen LogP contribution in [0.4, 0.5) is 5.69 Å². The lowest BCUT2D eigenvalue weighted by atomic mass is 10.1. The summed E-state index contributed by atoms with van der Waals surface area (Å²) in [5, 5.41) is 11.1. The Balaban J connectivity index is 3.14. The standard InChI is InChI=1S/C10H8BrNO2/c1-8-4-5-10(12(13)14)7-9(8)3-2-6-11/h4-5,7H,6H2,1H3. The molecule has 1 aromatic rings. The van der Waals surface area contributed by atoms with Gasteiger partial charge in [-0.2, -0.15) is 0 Å². The van der Waals surface area contributed by atoms with Crippen molar-refractivity contribution in [3.63, 3.8) is 0 Å². The number of hydrogen-bond acceptors (Lipinski definition) is 2. The average molecular weight is 254 g/mol. The molecule has 72 valence electrons. The molecular formula is C10H8BrNO2. The van der Waals surface area contributed by atoms with Gasteiger partial charge in [0.2, 0.25) is 0 Å². The molecule has 0 aromatic heterocycles. The highest BCUT2D eigenvalue weighted by molar-refractivity contribution is 9.09. The van der Waals surface area contributed by atoms with Crippen LogP contribution in [-0.2, 0) is 0 Å². The number of non-ortho nitro benzene ring substituents is 1. The molecule has 0 N–H and O–H groups in total. The molecule has 1 rings (SSSR count). The largest absolute Gasteiger partial charge is 0.270 e. The van der Waals surface area contributed by atoms with Crippen LogP contribution < -0.4 is 0 Å². The summed E-state index contributed by atoms with van der Waals surface area (Å²) in [6.07, 6.45) is 0. The maximum atomic E-state index is 10.5. The minimum atomic E-state index is -0.418. The topological polar surface area (TPSA) is 43.1 Å². The summed E-state index contributed by atoms with van der Waals surface area (Å²) in [7, 11) is 0. The molecular weight excluding hydrogens is 246 g/mol. The summed E-state index contributed by atoms with van der Waals surface area (Å²) < 4.78 is 0. The third-order valence-corrected chi connectivity index (χ3v) is 2.00. The van der Waals surface area contributed by atoms with E-state index in [0.29, 0.717) is 10.9 Å². The predicted molar refractivity (Wildman–Crippen MR) is 58.5 cm³/mol. The summed E-state index contributed by atoms with van der Waals surface area (Å²) in [6, 6.07) is 4.68. The first kappa shape index (κ1) is 10.7. The Hall–Kier alpha value is -1.34. The smallest absolute Gasteiger partial charge is 0.258 e. The highest BCUT2D eigenvalue weighted by Gasteiger charge is 2.06. The Kier molecular flexibility index (Phi) is 3.66. The van der Waals surface area contributed by atoms with Gasteiger partial charge in [-0.25, -0.2) is 0 Å². The van der Waals surface area contributed by atoms with E-state index in [4.69, 9.17) is 0 Å². The monoisotopic (exact) mass is 253 g/mol. The van der Waals surface area contributed by atoms with Crippen molar-refractivity contribution in [1.82, 2.24) is 0 Å². The molecule has 0 aliphatic heterocycles. The highest BCUT2D eigenvalue weighted by Crippen LogP contribution is 2.16. The van der Waals surface area contributed by atoms with E-state index in [1.807, 2.05) is 6.92 Å². The minimum Gasteiger partial charge on any atom is -0.258 e. The van der Waals surface area contributed by atoms with E-state index in [1.54, 1.807) is 6.07 Å². The van der Waals surface area contributed by atoms with Crippen LogP contribution in [0.15, 0.2) is 18.2 Å². The van der Waals surface area contributed by atoms with Crippen LogP contribution in [0.5, 0.6) is 0 Å². The quantitative estimate of drug-likeness (QED) is 0.334. The summed E-state index contributed by atoms with van der Waals surface area (Å²) in [6.45, 7) is 1.88. The number of nitro benzene ring substituents is 1. The SMILES string of the molecule is Cc1ccc([N+](=O)[O-])cc1C#CCBr. The van der Waals surface area contributed by atoms with Crippen LogP contribution in [0.25, 0.3) is 0 Å². The van der Waals surface area contributed by atoms with Gasteiger partial charge in [-0.3, -0.25) is 10.1 Å². The van der Waals surface area contributed by atoms with Crippen LogP contribution in [0, 0.1) is 28.9 Å². The fourth-order valence-corrected chi connectivity index (χ4v) is 1.13. The Morgan fingerprint density at radius 2 is 2.29 bits per heavy atom. The van der Waals surface area contributed by atoms with Gasteiger partial charge in [0.05, 0.1) is 10.3 Å². The number of aryl methyl sites for hydroxylation is 1. The van der Waals surface area contributed by atoms with E-state index in [1.165, 1.54) is 12.1 Å². The molecule has 0 aliphatic carbocycles. The third-order valence-electron chi connectivity index (χ3n) is 1.72. The normalized spacial score (nSPS) is 9.00. The molecule has 0 heterocycles. The summed E-state index contributed by atoms with van der Waals surface area (Å²) in [5.74, 6) is 5.67. The van der Waals surface area contributed by atoms with Crippen LogP contribution in [-0.4, -0.2) is 10.3 Å². The number of halogens is 1. The summed E-state index contributed by atoms with van der Waals surface area (Å²) in [4.78, 5) is 10.1. The molecule has 4 heteroatoms.